The van der Waals surface area contributed by atoms with Gasteiger partial charge >= 0.3 is 0 Å². The van der Waals surface area contributed by atoms with Crippen molar-refractivity contribution in [2.45, 2.75) is 46.1 Å². The van der Waals surface area contributed by atoms with Crippen LogP contribution in [0.5, 0.6) is 5.75 Å². The highest BCUT2D eigenvalue weighted by atomic mass is 16.5. The number of ether oxygens (including phenoxy) is 1. The third-order valence-corrected chi connectivity index (χ3v) is 5.61. The van der Waals surface area contributed by atoms with E-state index in [9.17, 15) is 9.59 Å². The molecule has 2 aliphatic heterocycles. The number of primary amides is 1. The topological polar surface area (TPSA) is 75.9 Å². The highest BCUT2D eigenvalue weighted by Gasteiger charge is 2.37. The zero-order chi connectivity index (χ0) is 20.5. The van der Waals surface area contributed by atoms with Gasteiger partial charge in [-0.05, 0) is 70.9 Å². The molecule has 0 spiro atoms. The molecule has 0 unspecified atom stereocenters. The van der Waals surface area contributed by atoms with Gasteiger partial charge in [0.25, 0.3) is 0 Å². The summed E-state index contributed by atoms with van der Waals surface area (Å²) in [4.78, 5) is 28.8. The number of piperidine rings is 1. The number of amides is 2. The van der Waals surface area contributed by atoms with E-state index in [1.165, 1.54) is 0 Å². The van der Waals surface area contributed by atoms with E-state index in [1.807, 2.05) is 30.0 Å². The predicted molar refractivity (Wildman–Crippen MR) is 111 cm³/mol. The Labute approximate surface area is 167 Å². The van der Waals surface area contributed by atoms with Crippen molar-refractivity contribution in [3.63, 3.8) is 0 Å². The minimum atomic E-state index is -0.430. The number of fused-ring (bicyclic) bond motifs is 1. The molecule has 0 aromatic heterocycles. The van der Waals surface area contributed by atoms with Crippen LogP contribution in [0.4, 0.5) is 5.69 Å². The second-order valence-electron chi connectivity index (χ2n) is 8.30. The maximum atomic E-state index is 13.3. The number of hydrogen-bond donors (Lipinski definition) is 1. The highest BCUT2D eigenvalue weighted by Crippen LogP contribution is 2.40. The normalized spacial score (nSPS) is 21.6. The van der Waals surface area contributed by atoms with E-state index in [0.717, 1.165) is 42.0 Å². The van der Waals surface area contributed by atoms with Gasteiger partial charge in [0.2, 0.25) is 11.8 Å². The maximum Gasteiger partial charge on any atom is 0.241 e. The summed E-state index contributed by atoms with van der Waals surface area (Å²) in [5.74, 6) is 0.396. The van der Waals surface area contributed by atoms with Gasteiger partial charge in [0.1, 0.15) is 5.75 Å². The molecule has 1 saturated heterocycles. The predicted octanol–water partition coefficient (Wildman–Crippen LogP) is 2.81. The first kappa shape index (κ1) is 20.4. The van der Waals surface area contributed by atoms with Crippen LogP contribution in [0.25, 0.3) is 5.57 Å². The number of carbonyl (C=O) groups is 2. The number of allylic oxidation sites excluding steroid dienone is 1. The van der Waals surface area contributed by atoms with Gasteiger partial charge < -0.3 is 15.4 Å². The second-order valence-corrected chi connectivity index (χ2v) is 8.30. The number of nitrogens with zero attached hydrogens (tertiary/aromatic N) is 2. The minimum absolute atomic E-state index is 0.0317. The minimum Gasteiger partial charge on any atom is -0.494 e. The van der Waals surface area contributed by atoms with Crippen molar-refractivity contribution in [1.29, 1.82) is 0 Å². The van der Waals surface area contributed by atoms with Crippen LogP contribution in [0.3, 0.4) is 0 Å². The van der Waals surface area contributed by atoms with Crippen molar-refractivity contribution < 1.29 is 14.3 Å². The average molecular weight is 386 g/mol. The summed E-state index contributed by atoms with van der Waals surface area (Å²) in [5, 5.41) is 0. The van der Waals surface area contributed by atoms with E-state index in [-0.39, 0.29) is 24.3 Å². The van der Waals surface area contributed by atoms with Crippen LogP contribution in [0.15, 0.2) is 24.3 Å². The molecule has 2 N–H and O–H groups in total. The molecule has 0 bridgehead atoms. The Morgan fingerprint density at radius 1 is 1.32 bits per heavy atom. The molecule has 1 atom stereocenters. The van der Waals surface area contributed by atoms with Crippen LogP contribution < -0.4 is 15.4 Å². The summed E-state index contributed by atoms with van der Waals surface area (Å²) in [6.07, 6.45) is 3.82. The SMILES string of the molecule is CCOc1ccc2c(c1)C(C)=CC(C)(C)N2C(=O)CN1CCC[C@@H](C(N)=O)C1. The molecule has 152 valence electrons. The van der Waals surface area contributed by atoms with Crippen LogP contribution in [-0.2, 0) is 9.59 Å². The molecule has 28 heavy (non-hydrogen) atoms. The molecule has 2 heterocycles. The van der Waals surface area contributed by atoms with Crippen molar-refractivity contribution >= 4 is 23.1 Å². The van der Waals surface area contributed by atoms with Crippen molar-refractivity contribution in [2.75, 3.05) is 31.1 Å². The maximum absolute atomic E-state index is 13.3. The number of nitrogens with two attached hydrogens (primary N) is 1. The lowest BCUT2D eigenvalue weighted by Crippen LogP contribution is -2.53. The molecule has 1 fully saturated rings. The van der Waals surface area contributed by atoms with Crippen molar-refractivity contribution in [2.24, 2.45) is 11.7 Å². The van der Waals surface area contributed by atoms with Crippen molar-refractivity contribution in [1.82, 2.24) is 4.90 Å². The summed E-state index contributed by atoms with van der Waals surface area (Å²) in [6.45, 7) is 10.4. The molecule has 6 heteroatoms. The first-order valence-electron chi connectivity index (χ1n) is 10.0. The van der Waals surface area contributed by atoms with Gasteiger partial charge in [0.05, 0.1) is 30.3 Å². The van der Waals surface area contributed by atoms with Crippen LogP contribution in [-0.4, -0.2) is 48.5 Å². The number of carbonyl (C=O) groups excluding carboxylic acids is 2. The fourth-order valence-corrected chi connectivity index (χ4v) is 4.41. The van der Waals surface area contributed by atoms with Gasteiger partial charge in [0.15, 0.2) is 0 Å². The number of anilines is 1. The molecule has 0 aliphatic carbocycles. The Bertz CT molecular complexity index is 800. The van der Waals surface area contributed by atoms with E-state index >= 15 is 0 Å². The van der Waals surface area contributed by atoms with Gasteiger partial charge in [-0.2, -0.15) is 0 Å². The Morgan fingerprint density at radius 3 is 2.75 bits per heavy atom. The zero-order valence-corrected chi connectivity index (χ0v) is 17.3. The smallest absolute Gasteiger partial charge is 0.241 e. The molecule has 3 rings (SSSR count). The zero-order valence-electron chi connectivity index (χ0n) is 17.3. The molecule has 6 nitrogen and oxygen atoms in total. The van der Waals surface area contributed by atoms with Crippen LogP contribution in [0, 0.1) is 5.92 Å². The van der Waals surface area contributed by atoms with Crippen LogP contribution >= 0.6 is 0 Å². The average Bonchev–Trinajstić information content (AvgIpc) is 2.62. The fourth-order valence-electron chi connectivity index (χ4n) is 4.41. The van der Waals surface area contributed by atoms with Gasteiger partial charge in [-0.15, -0.1) is 0 Å². The Balaban J connectivity index is 1.86. The van der Waals surface area contributed by atoms with E-state index in [1.54, 1.807) is 0 Å². The molecule has 1 aromatic carbocycles. The van der Waals surface area contributed by atoms with Crippen LogP contribution in [0.1, 0.15) is 46.1 Å². The first-order chi connectivity index (χ1) is 13.2. The van der Waals surface area contributed by atoms with E-state index in [2.05, 4.69) is 31.7 Å². The quantitative estimate of drug-likeness (QED) is 0.846. The van der Waals surface area contributed by atoms with Gasteiger partial charge in [-0.3, -0.25) is 14.5 Å². The van der Waals surface area contributed by atoms with Gasteiger partial charge in [0, 0.05) is 12.1 Å². The van der Waals surface area contributed by atoms with Crippen molar-refractivity contribution in [3.8, 4) is 5.75 Å². The van der Waals surface area contributed by atoms with Gasteiger partial charge in [-0.1, -0.05) is 6.08 Å². The highest BCUT2D eigenvalue weighted by molar-refractivity contribution is 6.01. The molecule has 0 radical (unpaired) electrons. The van der Waals surface area contributed by atoms with E-state index in [0.29, 0.717) is 13.2 Å². The third-order valence-electron chi connectivity index (χ3n) is 5.61. The Kier molecular flexibility index (Phi) is 5.79. The van der Waals surface area contributed by atoms with Gasteiger partial charge in [-0.25, -0.2) is 0 Å². The Hall–Kier alpha value is -2.34. The molecule has 2 aliphatic rings. The first-order valence-corrected chi connectivity index (χ1v) is 10.0. The number of benzene rings is 1. The largest absolute Gasteiger partial charge is 0.494 e. The number of rotatable bonds is 5. The second kappa shape index (κ2) is 7.95. The van der Waals surface area contributed by atoms with E-state index < -0.39 is 5.54 Å². The monoisotopic (exact) mass is 385 g/mol. The summed E-state index contributed by atoms with van der Waals surface area (Å²) in [6, 6.07) is 5.89. The Morgan fingerprint density at radius 2 is 2.07 bits per heavy atom. The lowest BCUT2D eigenvalue weighted by Gasteiger charge is -2.43. The lowest BCUT2D eigenvalue weighted by molar-refractivity contribution is -0.126. The fraction of sp³-hybridized carbons (Fsp3) is 0.545. The molecule has 2 amide bonds. The number of likely N-dealkylation sites (tertiary alicyclic amines) is 1. The number of hydrogen-bond acceptors (Lipinski definition) is 4. The standard InChI is InChI=1S/C22H31N3O3/c1-5-28-17-8-9-19-18(11-17)15(2)12-22(3,4)25(19)20(26)14-24-10-6-7-16(13-24)21(23)27/h8-9,11-12,16H,5-7,10,13-14H2,1-4H3,(H2,23,27)/t16-/m1/s1. The van der Waals surface area contributed by atoms with Crippen LogP contribution in [0.2, 0.25) is 0 Å². The summed E-state index contributed by atoms with van der Waals surface area (Å²) >= 11 is 0. The molecule has 1 aromatic rings. The molecular formula is C22H31N3O3. The van der Waals surface area contributed by atoms with E-state index in [4.69, 9.17) is 10.5 Å². The summed E-state index contributed by atoms with van der Waals surface area (Å²) < 4.78 is 5.64. The summed E-state index contributed by atoms with van der Waals surface area (Å²) in [5.41, 5.74) is 8.11. The lowest BCUT2D eigenvalue weighted by atomic mass is 9.88. The summed E-state index contributed by atoms with van der Waals surface area (Å²) in [7, 11) is 0. The molecular weight excluding hydrogens is 354 g/mol. The van der Waals surface area contributed by atoms with Crippen molar-refractivity contribution in [3.05, 3.63) is 29.8 Å². The molecule has 0 saturated carbocycles. The third kappa shape index (κ3) is 4.07.